The van der Waals surface area contributed by atoms with E-state index < -0.39 is 6.16 Å². The first-order valence-electron chi connectivity index (χ1n) is 7.70. The third-order valence-corrected chi connectivity index (χ3v) is 4.61. The predicted octanol–water partition coefficient (Wildman–Crippen LogP) is 5.24. The van der Waals surface area contributed by atoms with Crippen LogP contribution < -0.4 is 0 Å². The molecule has 120 valence electrons. The lowest BCUT2D eigenvalue weighted by atomic mass is 9.71. The van der Waals surface area contributed by atoms with Crippen LogP contribution in [0.1, 0.15) is 23.6 Å². The number of hydrogen-bond donors (Lipinski definition) is 2. The van der Waals surface area contributed by atoms with Crippen LogP contribution in [0.3, 0.4) is 0 Å². The normalized spacial score (nSPS) is 13.2. The van der Waals surface area contributed by atoms with Gasteiger partial charge in [0.15, 0.2) is 0 Å². The fourth-order valence-corrected chi connectivity index (χ4v) is 3.26. The van der Waals surface area contributed by atoms with Crippen LogP contribution >= 0.6 is 0 Å². The molecule has 0 radical (unpaired) electrons. The largest absolute Gasteiger partial charge is 0.503 e. The Labute approximate surface area is 140 Å². The second-order valence-corrected chi connectivity index (χ2v) is 5.93. The van der Waals surface area contributed by atoms with Crippen LogP contribution in [0.2, 0.25) is 0 Å². The minimum atomic E-state index is -1.83. The Morgan fingerprint density at radius 1 is 0.667 bits per heavy atom. The molecule has 3 aromatic carbocycles. The lowest BCUT2D eigenvalue weighted by Gasteiger charge is -2.31. The van der Waals surface area contributed by atoms with Gasteiger partial charge in [0.1, 0.15) is 0 Å². The average Bonchev–Trinajstić information content (AvgIpc) is 2.75. The summed E-state index contributed by atoms with van der Waals surface area (Å²) in [5.41, 5.74) is 6.51. The Morgan fingerprint density at radius 2 is 1.00 bits per heavy atom. The molecule has 4 aliphatic carbocycles. The maximum Gasteiger partial charge on any atom is 0.503 e. The monoisotopic (exact) mass is 318 g/mol. The molecule has 0 saturated carbocycles. The first-order chi connectivity index (χ1) is 11.5. The van der Waals surface area contributed by atoms with Crippen molar-refractivity contribution in [1.82, 2.24) is 0 Å². The second kappa shape index (κ2) is 6.20. The van der Waals surface area contributed by atoms with E-state index in [1.54, 1.807) is 0 Å². The molecule has 0 atom stereocenters. The van der Waals surface area contributed by atoms with Crippen LogP contribution in [-0.2, 0) is 5.41 Å². The number of carbonyl (C=O) groups is 1. The van der Waals surface area contributed by atoms with Crippen molar-refractivity contribution in [2.75, 3.05) is 0 Å². The Balaban J connectivity index is 0.000000383. The smallest absolute Gasteiger partial charge is 0.450 e. The molecule has 0 aliphatic heterocycles. The summed E-state index contributed by atoms with van der Waals surface area (Å²) < 4.78 is 0. The summed E-state index contributed by atoms with van der Waals surface area (Å²) in [5, 5.41) is 13.9. The highest BCUT2D eigenvalue weighted by molar-refractivity contribution is 5.67. The summed E-state index contributed by atoms with van der Waals surface area (Å²) in [7, 11) is 0. The quantitative estimate of drug-likeness (QED) is 0.645. The molecule has 2 N–H and O–H groups in total. The zero-order chi connectivity index (χ0) is 17.2. The maximum atomic E-state index is 8.56. The minimum absolute atomic E-state index is 0.0946. The molecule has 0 heterocycles. The van der Waals surface area contributed by atoms with E-state index in [1.807, 2.05) is 0 Å². The first kappa shape index (κ1) is 15.8. The fraction of sp³-hybridized carbons (Fsp3) is 0.0952. The van der Waals surface area contributed by atoms with E-state index >= 15 is 0 Å². The fourth-order valence-electron chi connectivity index (χ4n) is 3.26. The van der Waals surface area contributed by atoms with Crippen molar-refractivity contribution in [2.45, 2.75) is 12.3 Å². The number of rotatable bonds is 1. The molecule has 0 saturated heterocycles. The van der Waals surface area contributed by atoms with Gasteiger partial charge in [0.05, 0.1) is 0 Å². The van der Waals surface area contributed by atoms with Crippen LogP contribution in [0, 0.1) is 0 Å². The van der Waals surface area contributed by atoms with Crippen molar-refractivity contribution < 1.29 is 15.0 Å². The third kappa shape index (κ3) is 2.76. The van der Waals surface area contributed by atoms with E-state index in [-0.39, 0.29) is 5.41 Å². The van der Waals surface area contributed by atoms with Crippen molar-refractivity contribution >= 4 is 6.16 Å². The topological polar surface area (TPSA) is 57.5 Å². The highest BCUT2D eigenvalue weighted by atomic mass is 16.6. The predicted molar refractivity (Wildman–Crippen MR) is 94.5 cm³/mol. The third-order valence-electron chi connectivity index (χ3n) is 4.61. The average molecular weight is 318 g/mol. The molecule has 24 heavy (non-hydrogen) atoms. The van der Waals surface area contributed by atoms with Gasteiger partial charge in [-0.1, -0.05) is 78.9 Å². The molecule has 3 aromatic rings. The summed E-state index contributed by atoms with van der Waals surface area (Å²) >= 11 is 0. The SMILES string of the molecule is CC1(c2ccccc2)c2ccc(cc2)-c2ccc1cc2.O=C(O)O. The van der Waals surface area contributed by atoms with Gasteiger partial charge in [0.25, 0.3) is 0 Å². The Hall–Kier alpha value is -3.07. The van der Waals surface area contributed by atoms with E-state index in [2.05, 4.69) is 85.8 Å². The summed E-state index contributed by atoms with van der Waals surface area (Å²) in [6, 6.07) is 28.8. The van der Waals surface area contributed by atoms with Gasteiger partial charge in [-0.2, -0.15) is 0 Å². The highest BCUT2D eigenvalue weighted by Gasteiger charge is 2.31. The van der Waals surface area contributed by atoms with Crippen LogP contribution in [0.25, 0.3) is 11.1 Å². The van der Waals surface area contributed by atoms with Gasteiger partial charge in [-0.15, -0.1) is 0 Å². The van der Waals surface area contributed by atoms with Gasteiger partial charge in [0.2, 0.25) is 0 Å². The van der Waals surface area contributed by atoms with Gasteiger partial charge >= 0.3 is 6.16 Å². The first-order valence-corrected chi connectivity index (χ1v) is 7.70. The zero-order valence-electron chi connectivity index (χ0n) is 13.3. The van der Waals surface area contributed by atoms with Crippen molar-refractivity contribution in [2.24, 2.45) is 0 Å². The number of hydrogen-bond acceptors (Lipinski definition) is 1. The molecule has 7 rings (SSSR count). The summed E-state index contributed by atoms with van der Waals surface area (Å²) in [6.07, 6.45) is -1.83. The summed E-state index contributed by atoms with van der Waals surface area (Å²) in [4.78, 5) is 8.56. The van der Waals surface area contributed by atoms with E-state index in [0.717, 1.165) is 0 Å². The molecule has 3 heteroatoms. The van der Waals surface area contributed by atoms with Crippen molar-refractivity contribution in [3.8, 4) is 11.1 Å². The minimum Gasteiger partial charge on any atom is -0.450 e. The Kier molecular flexibility index (Phi) is 4.09. The number of benzene rings is 3. The summed E-state index contributed by atoms with van der Waals surface area (Å²) in [6.45, 7) is 2.32. The maximum absolute atomic E-state index is 8.56. The highest BCUT2D eigenvalue weighted by Crippen LogP contribution is 2.41. The van der Waals surface area contributed by atoms with Gasteiger partial charge in [0, 0.05) is 5.41 Å². The standard InChI is InChI=1S/C20H16.CH2O3/c1-20(17-5-3-2-4-6-17)18-11-7-15(8-12-18)16-9-13-19(20)14-10-16;2-1(3)4/h2-14H,1H3;(H2,2,3,4). The Morgan fingerprint density at radius 3 is 1.38 bits per heavy atom. The van der Waals surface area contributed by atoms with Crippen molar-refractivity contribution in [3.63, 3.8) is 0 Å². The molecular formula is C21H18O3. The van der Waals surface area contributed by atoms with Crippen molar-refractivity contribution in [1.29, 1.82) is 0 Å². The van der Waals surface area contributed by atoms with E-state index in [9.17, 15) is 0 Å². The van der Waals surface area contributed by atoms with Gasteiger partial charge in [-0.05, 0) is 34.7 Å². The van der Waals surface area contributed by atoms with Crippen LogP contribution in [-0.4, -0.2) is 16.4 Å². The molecule has 3 nitrogen and oxygen atoms in total. The molecule has 4 bridgehead atoms. The lowest BCUT2D eigenvalue weighted by Crippen LogP contribution is -2.24. The molecule has 0 fully saturated rings. The second-order valence-electron chi connectivity index (χ2n) is 5.93. The van der Waals surface area contributed by atoms with E-state index in [4.69, 9.17) is 15.0 Å². The molecule has 0 aromatic heterocycles. The van der Waals surface area contributed by atoms with Gasteiger partial charge < -0.3 is 10.2 Å². The van der Waals surface area contributed by atoms with Gasteiger partial charge in [-0.3, -0.25) is 0 Å². The Bertz CT molecular complexity index is 785. The van der Waals surface area contributed by atoms with Crippen LogP contribution in [0.5, 0.6) is 0 Å². The van der Waals surface area contributed by atoms with Crippen LogP contribution in [0.15, 0.2) is 78.9 Å². The van der Waals surface area contributed by atoms with E-state index in [0.29, 0.717) is 0 Å². The lowest BCUT2D eigenvalue weighted by molar-refractivity contribution is 0.137. The molecular weight excluding hydrogens is 300 g/mol. The molecule has 0 spiro atoms. The summed E-state index contributed by atoms with van der Waals surface area (Å²) in [5.74, 6) is 0. The molecule has 0 unspecified atom stereocenters. The molecule has 0 amide bonds. The van der Waals surface area contributed by atoms with E-state index in [1.165, 1.54) is 27.8 Å². The molecule has 4 aliphatic rings. The number of carboxylic acid groups (broad SMARTS) is 2. The zero-order valence-corrected chi connectivity index (χ0v) is 13.3. The van der Waals surface area contributed by atoms with Crippen LogP contribution in [0.4, 0.5) is 4.79 Å². The van der Waals surface area contributed by atoms with Crippen molar-refractivity contribution in [3.05, 3.63) is 95.6 Å². The van der Waals surface area contributed by atoms with Gasteiger partial charge in [-0.25, -0.2) is 4.79 Å².